The Kier molecular flexibility index (Phi) is 2.60. The second-order valence-electron chi connectivity index (χ2n) is 0.524. The lowest BCUT2D eigenvalue weighted by Gasteiger charge is -1.54. The molecule has 0 saturated heterocycles. The lowest BCUT2D eigenvalue weighted by Crippen LogP contribution is -1.97. The first-order valence-electron chi connectivity index (χ1n) is 1.22. The van der Waals surface area contributed by atoms with Gasteiger partial charge in [0.25, 0.3) is 0 Å². The van der Waals surface area contributed by atoms with Crippen LogP contribution in [0.1, 0.15) is 0 Å². The number of nitrogens with two attached hydrogens (primary N) is 1. The zero-order valence-corrected chi connectivity index (χ0v) is 2.57. The fraction of sp³-hybridized carbons (Fsp3) is 0. The van der Waals surface area contributed by atoms with Gasteiger partial charge in [-0.05, 0) is 0 Å². The van der Waals surface area contributed by atoms with Gasteiger partial charge in [-0.15, -0.1) is 12.6 Å². The van der Waals surface area contributed by atoms with Crippen molar-refractivity contribution in [2.45, 2.75) is 0 Å². The third kappa shape index (κ3) is 1.76. The Balaban J connectivity index is 2.30. The van der Waals surface area contributed by atoms with Gasteiger partial charge in [0.05, 0.1) is 0 Å². The molecule has 0 amide bonds. The average molecular weight is 54.9 g/mol. The van der Waals surface area contributed by atoms with Crippen molar-refractivity contribution in [3.05, 3.63) is 12.6 Å². The van der Waals surface area contributed by atoms with Gasteiger partial charge in [0.2, 0.25) is 7.41 Å². The molecule has 0 unspecified atom stereocenters. The molecule has 0 aromatic carbocycles. The second kappa shape index (κ2) is 2.76. The zero-order valence-electron chi connectivity index (χ0n) is 2.57. The van der Waals surface area contributed by atoms with E-state index in [1.54, 1.807) is 5.98 Å². The van der Waals surface area contributed by atoms with Crippen molar-refractivity contribution < 1.29 is 0 Å². The molecule has 4 heavy (non-hydrogen) atoms. The van der Waals surface area contributed by atoms with Gasteiger partial charge < -0.3 is 5.64 Å². The minimum absolute atomic E-state index is 0.583. The summed E-state index contributed by atoms with van der Waals surface area (Å²) in [7, 11) is 0.583. The Morgan fingerprint density at radius 1 is 2.00 bits per heavy atom. The molecule has 0 aromatic heterocycles. The first-order chi connectivity index (χ1) is 1.91. The fourth-order valence-electron chi connectivity index (χ4n) is 0. The minimum Gasteiger partial charge on any atom is -0.369 e. The van der Waals surface area contributed by atoms with E-state index < -0.39 is 0 Å². The van der Waals surface area contributed by atoms with Crippen molar-refractivity contribution in [2.75, 3.05) is 0 Å². The highest BCUT2D eigenvalue weighted by molar-refractivity contribution is 6.37. The summed E-state index contributed by atoms with van der Waals surface area (Å²) in [6, 6.07) is 0. The molecule has 0 atom stereocenters. The smallest absolute Gasteiger partial charge is 0.224 e. The van der Waals surface area contributed by atoms with Gasteiger partial charge in [-0.2, -0.15) is 0 Å². The third-order valence-electron chi connectivity index (χ3n) is 0.167. The lowest BCUT2D eigenvalue weighted by atomic mass is 10.00. The third-order valence-corrected chi connectivity index (χ3v) is 0.167. The van der Waals surface area contributed by atoms with Crippen LogP contribution in [0.15, 0.2) is 12.6 Å². The quantitative estimate of drug-likeness (QED) is 0.399. The van der Waals surface area contributed by atoms with Gasteiger partial charge in [-0.3, -0.25) is 0 Å². The SMILES string of the molecule is C=CBN. The normalized spacial score (nSPS) is 5.25. The summed E-state index contributed by atoms with van der Waals surface area (Å²) in [6.45, 7) is 3.35. The van der Waals surface area contributed by atoms with Gasteiger partial charge >= 0.3 is 0 Å². The van der Waals surface area contributed by atoms with Crippen LogP contribution >= 0.6 is 0 Å². The maximum Gasteiger partial charge on any atom is 0.224 e. The molecule has 22 valence electrons. The Labute approximate surface area is 26.8 Å². The molecular weight excluding hydrogens is 48.8 g/mol. The summed E-state index contributed by atoms with van der Waals surface area (Å²) < 4.78 is 0. The lowest BCUT2D eigenvalue weighted by molar-refractivity contribution is 1.93. The molecule has 0 aliphatic carbocycles. The standard InChI is InChI=1S/C2H6BN/c1-2-3-4/h2-3H,1,4H2. The van der Waals surface area contributed by atoms with Crippen LogP contribution in [0.4, 0.5) is 0 Å². The highest BCUT2D eigenvalue weighted by atomic mass is 14.3. The second-order valence-corrected chi connectivity index (χ2v) is 0.524. The Morgan fingerprint density at radius 2 is 2.25 bits per heavy atom. The fourth-order valence-corrected chi connectivity index (χ4v) is 0. The number of hydrogen-bond acceptors (Lipinski definition) is 1. The van der Waals surface area contributed by atoms with Crippen LogP contribution in [0, 0.1) is 0 Å². The summed E-state index contributed by atoms with van der Waals surface area (Å²) >= 11 is 0. The van der Waals surface area contributed by atoms with E-state index in [9.17, 15) is 0 Å². The first kappa shape index (κ1) is 3.76. The van der Waals surface area contributed by atoms with E-state index in [4.69, 9.17) is 5.64 Å². The van der Waals surface area contributed by atoms with E-state index >= 15 is 0 Å². The van der Waals surface area contributed by atoms with Crippen LogP contribution in [0.3, 0.4) is 0 Å². The van der Waals surface area contributed by atoms with Crippen LogP contribution in [-0.4, -0.2) is 7.41 Å². The molecule has 0 rings (SSSR count). The summed E-state index contributed by atoms with van der Waals surface area (Å²) in [4.78, 5) is 0. The zero-order chi connectivity index (χ0) is 3.41. The van der Waals surface area contributed by atoms with Gasteiger partial charge in [-0.25, -0.2) is 0 Å². The summed E-state index contributed by atoms with van der Waals surface area (Å²) in [5.41, 5.74) is 4.91. The Morgan fingerprint density at radius 3 is 2.25 bits per heavy atom. The van der Waals surface area contributed by atoms with Crippen molar-refractivity contribution in [1.29, 1.82) is 0 Å². The highest BCUT2D eigenvalue weighted by Gasteiger charge is 1.52. The predicted molar refractivity (Wildman–Crippen MR) is 21.5 cm³/mol. The maximum atomic E-state index is 4.91. The molecule has 0 heterocycles. The van der Waals surface area contributed by atoms with Gasteiger partial charge in [0, 0.05) is 0 Å². The van der Waals surface area contributed by atoms with Crippen molar-refractivity contribution >= 4 is 7.41 Å². The van der Waals surface area contributed by atoms with Crippen LogP contribution in [0.2, 0.25) is 0 Å². The van der Waals surface area contributed by atoms with Crippen molar-refractivity contribution in [3.63, 3.8) is 0 Å². The molecule has 0 bridgehead atoms. The Hall–Kier alpha value is -0.235. The maximum absolute atomic E-state index is 4.91. The Bertz CT molecular complexity index is 20.0. The van der Waals surface area contributed by atoms with Gasteiger partial charge in [0.15, 0.2) is 0 Å². The van der Waals surface area contributed by atoms with Crippen LogP contribution in [0.5, 0.6) is 0 Å². The molecule has 2 N–H and O–H groups in total. The topological polar surface area (TPSA) is 26.0 Å². The van der Waals surface area contributed by atoms with Crippen LogP contribution < -0.4 is 5.64 Å². The molecule has 2 heteroatoms. The molecule has 0 aliphatic rings. The van der Waals surface area contributed by atoms with Crippen molar-refractivity contribution in [2.24, 2.45) is 5.64 Å². The van der Waals surface area contributed by atoms with E-state index in [1.807, 2.05) is 0 Å². The minimum atomic E-state index is 0.583. The largest absolute Gasteiger partial charge is 0.369 e. The predicted octanol–water partition coefficient (Wildman–Crippen LogP) is -0.560. The highest BCUT2D eigenvalue weighted by Crippen LogP contribution is 1.34. The average Bonchev–Trinajstić information content (AvgIpc) is 1.37. The monoisotopic (exact) mass is 55.1 g/mol. The number of rotatable bonds is 1. The van der Waals surface area contributed by atoms with Gasteiger partial charge in [0.1, 0.15) is 0 Å². The molecule has 0 aliphatic heterocycles. The van der Waals surface area contributed by atoms with Crippen molar-refractivity contribution in [3.8, 4) is 0 Å². The van der Waals surface area contributed by atoms with Crippen molar-refractivity contribution in [1.82, 2.24) is 0 Å². The summed E-state index contributed by atoms with van der Waals surface area (Å²) in [5.74, 6) is 1.65. The summed E-state index contributed by atoms with van der Waals surface area (Å²) in [5, 5.41) is 0. The van der Waals surface area contributed by atoms with E-state index in [1.165, 1.54) is 0 Å². The molecule has 0 aromatic rings. The molecule has 1 nitrogen and oxygen atoms in total. The van der Waals surface area contributed by atoms with E-state index in [-0.39, 0.29) is 0 Å². The number of hydrogen-bond donors (Lipinski definition) is 1. The molecular formula is C2H6BN. The van der Waals surface area contributed by atoms with Crippen LogP contribution in [-0.2, 0) is 0 Å². The molecule has 0 spiro atoms. The van der Waals surface area contributed by atoms with Gasteiger partial charge in [-0.1, -0.05) is 0 Å². The molecule has 0 fully saturated rings. The van der Waals surface area contributed by atoms with E-state index in [2.05, 4.69) is 6.58 Å². The first-order valence-corrected chi connectivity index (χ1v) is 1.22. The molecule has 0 saturated carbocycles. The van der Waals surface area contributed by atoms with E-state index in [0.717, 1.165) is 0 Å². The summed E-state index contributed by atoms with van der Waals surface area (Å²) in [6.07, 6.45) is 0. The van der Waals surface area contributed by atoms with E-state index in [0.29, 0.717) is 7.41 Å². The van der Waals surface area contributed by atoms with Crippen LogP contribution in [0.25, 0.3) is 0 Å². The molecule has 0 radical (unpaired) electrons.